The van der Waals surface area contributed by atoms with Crippen LogP contribution in [-0.4, -0.2) is 12.9 Å². The average Bonchev–Trinajstić information content (AvgIpc) is 2.11. The molecule has 0 spiro atoms. The van der Waals surface area contributed by atoms with E-state index in [0.717, 1.165) is 3.92 Å². The van der Waals surface area contributed by atoms with E-state index in [4.69, 9.17) is 5.73 Å². The minimum absolute atomic E-state index is 0.0765. The number of hydrogen-bond donors (Lipinski definition) is 1. The van der Waals surface area contributed by atoms with Gasteiger partial charge in [-0.1, -0.05) is 58.0 Å². The van der Waals surface area contributed by atoms with Gasteiger partial charge in [-0.25, -0.2) is 0 Å². The van der Waals surface area contributed by atoms with Crippen LogP contribution in [0.5, 0.6) is 0 Å². The standard InChI is InChI=1S/C11H21I2N/c1-10(14)6-4-3-5-9(12)11(2,13)8-7-10/h9H,3-8,14H2,1-2H3/t9-,10?,11?/m1/s1. The molecule has 1 rings (SSSR count). The molecule has 0 heterocycles. The van der Waals surface area contributed by atoms with Gasteiger partial charge in [-0.2, -0.15) is 0 Å². The third-order valence-electron chi connectivity index (χ3n) is 3.29. The Kier molecular flexibility index (Phi) is 4.98. The van der Waals surface area contributed by atoms with Gasteiger partial charge in [0.1, 0.15) is 0 Å². The predicted octanol–water partition coefficient (Wildman–Crippen LogP) is 4.06. The second kappa shape index (κ2) is 5.17. The van der Waals surface area contributed by atoms with Crippen LogP contribution in [0.15, 0.2) is 0 Å². The highest BCUT2D eigenvalue weighted by molar-refractivity contribution is 14.1. The van der Waals surface area contributed by atoms with Crippen LogP contribution < -0.4 is 5.73 Å². The Labute approximate surface area is 115 Å². The van der Waals surface area contributed by atoms with Crippen LogP contribution in [0.25, 0.3) is 0 Å². The fourth-order valence-electron chi connectivity index (χ4n) is 1.96. The first-order valence-electron chi connectivity index (χ1n) is 5.45. The second-order valence-electron chi connectivity index (χ2n) is 5.15. The van der Waals surface area contributed by atoms with Crippen molar-refractivity contribution in [2.24, 2.45) is 5.73 Å². The van der Waals surface area contributed by atoms with E-state index in [-0.39, 0.29) is 5.54 Å². The molecule has 1 aliphatic carbocycles. The van der Waals surface area contributed by atoms with Gasteiger partial charge in [0.05, 0.1) is 0 Å². The molecular weight excluding hydrogens is 400 g/mol. The summed E-state index contributed by atoms with van der Waals surface area (Å²) in [7, 11) is 0. The topological polar surface area (TPSA) is 26.0 Å². The van der Waals surface area contributed by atoms with Crippen LogP contribution in [0.3, 0.4) is 0 Å². The van der Waals surface area contributed by atoms with Gasteiger partial charge < -0.3 is 5.73 Å². The summed E-state index contributed by atoms with van der Waals surface area (Å²) in [6, 6.07) is 0. The van der Waals surface area contributed by atoms with Crippen LogP contribution in [0.2, 0.25) is 0 Å². The normalized spacial score (nSPS) is 46.5. The fourth-order valence-corrected chi connectivity index (χ4v) is 3.30. The van der Waals surface area contributed by atoms with Gasteiger partial charge in [-0.15, -0.1) is 0 Å². The van der Waals surface area contributed by atoms with E-state index in [9.17, 15) is 0 Å². The molecule has 0 bridgehead atoms. The smallest absolute Gasteiger partial charge is 0.0312 e. The molecular formula is C11H21I2N. The average molecular weight is 421 g/mol. The molecule has 1 fully saturated rings. The zero-order valence-electron chi connectivity index (χ0n) is 9.15. The van der Waals surface area contributed by atoms with Gasteiger partial charge in [-0.05, 0) is 39.5 Å². The lowest BCUT2D eigenvalue weighted by atomic mass is 9.89. The van der Waals surface area contributed by atoms with Crippen molar-refractivity contribution in [1.29, 1.82) is 0 Å². The third kappa shape index (κ3) is 4.12. The maximum Gasteiger partial charge on any atom is 0.0312 e. The molecule has 14 heavy (non-hydrogen) atoms. The summed E-state index contributed by atoms with van der Waals surface area (Å²) in [6.45, 7) is 4.60. The van der Waals surface area contributed by atoms with E-state index in [0.29, 0.717) is 3.42 Å². The largest absolute Gasteiger partial charge is 0.325 e. The van der Waals surface area contributed by atoms with E-state index in [1.807, 2.05) is 0 Å². The molecule has 0 saturated heterocycles. The van der Waals surface area contributed by atoms with Crippen molar-refractivity contribution in [3.05, 3.63) is 0 Å². The summed E-state index contributed by atoms with van der Waals surface area (Å²) < 4.78 is 1.23. The van der Waals surface area contributed by atoms with Crippen molar-refractivity contribution in [3.8, 4) is 0 Å². The van der Waals surface area contributed by atoms with Crippen LogP contribution in [0.1, 0.15) is 52.4 Å². The summed E-state index contributed by atoms with van der Waals surface area (Å²) in [5, 5.41) is 0. The molecule has 2 unspecified atom stereocenters. The summed E-state index contributed by atoms with van der Waals surface area (Å²) in [4.78, 5) is 0. The molecule has 3 atom stereocenters. The van der Waals surface area contributed by atoms with Crippen LogP contribution in [-0.2, 0) is 0 Å². The third-order valence-corrected chi connectivity index (χ3v) is 7.77. The molecule has 3 heteroatoms. The fraction of sp³-hybridized carbons (Fsp3) is 1.00. The summed E-state index contributed by atoms with van der Waals surface area (Å²) >= 11 is 5.25. The van der Waals surface area contributed by atoms with Gasteiger partial charge in [0.15, 0.2) is 0 Å². The number of hydrogen-bond acceptors (Lipinski definition) is 1. The Balaban J connectivity index is 2.65. The zero-order chi connectivity index (χ0) is 10.8. The molecule has 0 aromatic rings. The lowest BCUT2D eigenvalue weighted by Crippen LogP contribution is -2.38. The number of halogens is 2. The Morgan fingerprint density at radius 3 is 2.43 bits per heavy atom. The number of nitrogens with two attached hydrogens (primary N) is 1. The first kappa shape index (κ1) is 13.5. The lowest BCUT2D eigenvalue weighted by Gasteiger charge is -2.31. The van der Waals surface area contributed by atoms with Crippen LogP contribution in [0, 0.1) is 0 Å². The van der Waals surface area contributed by atoms with E-state index in [1.165, 1.54) is 38.5 Å². The van der Waals surface area contributed by atoms with Crippen molar-refractivity contribution < 1.29 is 0 Å². The molecule has 0 aromatic heterocycles. The summed E-state index contributed by atoms with van der Waals surface area (Å²) in [6.07, 6.45) is 7.64. The summed E-state index contributed by atoms with van der Waals surface area (Å²) in [5.74, 6) is 0. The van der Waals surface area contributed by atoms with E-state index >= 15 is 0 Å². The maximum atomic E-state index is 6.28. The highest BCUT2D eigenvalue weighted by Crippen LogP contribution is 2.39. The Morgan fingerprint density at radius 1 is 1.14 bits per heavy atom. The second-order valence-corrected chi connectivity index (χ2v) is 9.11. The summed E-state index contributed by atoms with van der Waals surface area (Å²) in [5.41, 5.74) is 6.35. The zero-order valence-corrected chi connectivity index (χ0v) is 13.5. The minimum atomic E-state index is 0.0765. The monoisotopic (exact) mass is 421 g/mol. The molecule has 1 aliphatic rings. The van der Waals surface area contributed by atoms with E-state index in [2.05, 4.69) is 59.0 Å². The van der Waals surface area contributed by atoms with Crippen molar-refractivity contribution in [1.82, 2.24) is 0 Å². The van der Waals surface area contributed by atoms with Gasteiger partial charge >= 0.3 is 0 Å². The predicted molar refractivity (Wildman–Crippen MR) is 80.5 cm³/mol. The van der Waals surface area contributed by atoms with Gasteiger partial charge in [0.25, 0.3) is 0 Å². The van der Waals surface area contributed by atoms with E-state index in [1.54, 1.807) is 0 Å². The Hall–Kier alpha value is 1.42. The van der Waals surface area contributed by atoms with Gasteiger partial charge in [0, 0.05) is 12.9 Å². The number of rotatable bonds is 0. The van der Waals surface area contributed by atoms with Crippen LogP contribution >= 0.6 is 45.2 Å². The van der Waals surface area contributed by atoms with Gasteiger partial charge in [0.2, 0.25) is 0 Å². The van der Waals surface area contributed by atoms with Crippen molar-refractivity contribution in [2.75, 3.05) is 0 Å². The molecule has 0 aliphatic heterocycles. The highest BCUT2D eigenvalue weighted by atomic mass is 127. The van der Waals surface area contributed by atoms with Gasteiger partial charge in [-0.3, -0.25) is 0 Å². The minimum Gasteiger partial charge on any atom is -0.325 e. The molecule has 2 N–H and O–H groups in total. The lowest BCUT2D eigenvalue weighted by molar-refractivity contribution is 0.374. The highest BCUT2D eigenvalue weighted by Gasteiger charge is 2.32. The first-order valence-corrected chi connectivity index (χ1v) is 7.78. The molecule has 84 valence electrons. The Morgan fingerprint density at radius 2 is 1.79 bits per heavy atom. The SMILES string of the molecule is CC1(N)CCCC[C@@H](I)C(C)(I)CC1. The molecule has 0 aromatic carbocycles. The quantitative estimate of drug-likeness (QED) is 0.464. The first-order chi connectivity index (χ1) is 6.33. The van der Waals surface area contributed by atoms with Crippen molar-refractivity contribution in [2.45, 2.75) is 65.3 Å². The number of alkyl halides is 2. The van der Waals surface area contributed by atoms with Crippen molar-refractivity contribution >= 4 is 45.2 Å². The molecule has 1 nitrogen and oxygen atoms in total. The molecule has 0 amide bonds. The maximum absolute atomic E-state index is 6.28. The van der Waals surface area contributed by atoms with Crippen LogP contribution in [0.4, 0.5) is 0 Å². The van der Waals surface area contributed by atoms with E-state index < -0.39 is 0 Å². The molecule has 0 radical (unpaired) electrons. The molecule has 1 saturated carbocycles. The van der Waals surface area contributed by atoms with Crippen molar-refractivity contribution in [3.63, 3.8) is 0 Å². The Bertz CT molecular complexity index is 190.